The maximum atomic E-state index is 11.8. The van der Waals surface area contributed by atoms with Crippen molar-refractivity contribution in [3.8, 4) is 0 Å². The van der Waals surface area contributed by atoms with Gasteiger partial charge in [-0.05, 0) is 30.9 Å². The van der Waals surface area contributed by atoms with Gasteiger partial charge in [0.1, 0.15) is 6.61 Å². The quantitative estimate of drug-likeness (QED) is 0.544. The van der Waals surface area contributed by atoms with E-state index in [1.807, 2.05) is 6.07 Å². The number of halogens is 1. The summed E-state index contributed by atoms with van der Waals surface area (Å²) in [4.78, 5) is 11.8. The maximum absolute atomic E-state index is 11.8. The summed E-state index contributed by atoms with van der Waals surface area (Å²) in [7, 11) is 0. The molecule has 0 aliphatic carbocycles. The van der Waals surface area contributed by atoms with Crippen LogP contribution in [0.5, 0.6) is 0 Å². The van der Waals surface area contributed by atoms with E-state index in [0.717, 1.165) is 12.8 Å². The van der Waals surface area contributed by atoms with Gasteiger partial charge in [0, 0.05) is 12.2 Å². The van der Waals surface area contributed by atoms with Gasteiger partial charge in [0.15, 0.2) is 5.78 Å². The second kappa shape index (κ2) is 7.46. The number of carbonyl (C=O) groups is 1. The smallest absolute Gasteiger partial charge is 0.189 e. The molecule has 0 amide bonds. The first-order valence-electron chi connectivity index (χ1n) is 5.96. The fourth-order valence-electron chi connectivity index (χ4n) is 1.52. The van der Waals surface area contributed by atoms with Crippen LogP contribution in [-0.4, -0.2) is 19.0 Å². The molecule has 0 spiro atoms. The molecule has 17 heavy (non-hydrogen) atoms. The largest absolute Gasteiger partial charge is 0.373 e. The molecule has 3 heteroatoms. The van der Waals surface area contributed by atoms with Crippen molar-refractivity contribution in [3.63, 3.8) is 0 Å². The van der Waals surface area contributed by atoms with Gasteiger partial charge >= 0.3 is 0 Å². The second-order valence-electron chi connectivity index (χ2n) is 4.49. The third-order valence-corrected chi connectivity index (χ3v) is 2.81. The highest BCUT2D eigenvalue weighted by Gasteiger charge is 2.09. The Kier molecular flexibility index (Phi) is 6.23. The van der Waals surface area contributed by atoms with E-state index in [1.165, 1.54) is 0 Å². The molecule has 0 aromatic heterocycles. The SMILES string of the molecule is CC(C)CCCOCC(=O)c1ccccc1Cl. The molecule has 0 N–H and O–H groups in total. The first-order chi connectivity index (χ1) is 8.11. The molecule has 0 heterocycles. The number of Topliss-reactive ketones (excluding diaryl/α,β-unsaturated/α-hetero) is 1. The molecule has 1 aromatic carbocycles. The molecular weight excluding hydrogens is 236 g/mol. The fraction of sp³-hybridized carbons (Fsp3) is 0.500. The summed E-state index contributed by atoms with van der Waals surface area (Å²) >= 11 is 5.92. The Labute approximate surface area is 108 Å². The molecule has 0 aliphatic rings. The number of benzene rings is 1. The minimum atomic E-state index is -0.0554. The predicted octanol–water partition coefficient (Wildman–Crippen LogP) is 3.98. The summed E-state index contributed by atoms with van der Waals surface area (Å²) < 4.78 is 5.35. The van der Waals surface area contributed by atoms with Gasteiger partial charge in [-0.3, -0.25) is 4.79 Å². The van der Waals surface area contributed by atoms with Crippen LogP contribution < -0.4 is 0 Å². The van der Waals surface area contributed by atoms with Crippen molar-refractivity contribution in [1.82, 2.24) is 0 Å². The summed E-state index contributed by atoms with van der Waals surface area (Å²) in [6.45, 7) is 5.10. The minimum Gasteiger partial charge on any atom is -0.373 e. The summed E-state index contributed by atoms with van der Waals surface area (Å²) in [5.41, 5.74) is 0.540. The van der Waals surface area contributed by atoms with Crippen LogP contribution in [0.4, 0.5) is 0 Å². The zero-order chi connectivity index (χ0) is 12.7. The Bertz CT molecular complexity index is 361. The molecule has 2 nitrogen and oxygen atoms in total. The first-order valence-corrected chi connectivity index (χ1v) is 6.34. The van der Waals surface area contributed by atoms with E-state index in [1.54, 1.807) is 18.2 Å². The molecular formula is C14H19ClO2. The van der Waals surface area contributed by atoms with E-state index in [2.05, 4.69) is 13.8 Å². The van der Waals surface area contributed by atoms with Crippen molar-refractivity contribution in [2.45, 2.75) is 26.7 Å². The lowest BCUT2D eigenvalue weighted by Crippen LogP contribution is -2.10. The van der Waals surface area contributed by atoms with Crippen molar-refractivity contribution >= 4 is 17.4 Å². The molecule has 0 fully saturated rings. The van der Waals surface area contributed by atoms with Crippen LogP contribution in [0.15, 0.2) is 24.3 Å². The highest BCUT2D eigenvalue weighted by Crippen LogP contribution is 2.15. The number of hydrogen-bond acceptors (Lipinski definition) is 2. The number of hydrogen-bond donors (Lipinski definition) is 0. The van der Waals surface area contributed by atoms with Gasteiger partial charge in [-0.1, -0.05) is 37.6 Å². The lowest BCUT2D eigenvalue weighted by molar-refractivity contribution is 0.0749. The van der Waals surface area contributed by atoms with E-state index in [4.69, 9.17) is 16.3 Å². The third kappa shape index (κ3) is 5.33. The number of ketones is 1. The van der Waals surface area contributed by atoms with E-state index in [0.29, 0.717) is 23.1 Å². The maximum Gasteiger partial charge on any atom is 0.189 e. The highest BCUT2D eigenvalue weighted by atomic mass is 35.5. The predicted molar refractivity (Wildman–Crippen MR) is 70.7 cm³/mol. The topological polar surface area (TPSA) is 26.3 Å². The van der Waals surface area contributed by atoms with E-state index >= 15 is 0 Å². The lowest BCUT2D eigenvalue weighted by atomic mass is 10.1. The summed E-state index contributed by atoms with van der Waals surface area (Å²) in [5, 5.41) is 0.489. The van der Waals surface area contributed by atoms with Crippen LogP contribution in [0.1, 0.15) is 37.0 Å². The first kappa shape index (κ1) is 14.2. The molecule has 0 saturated carbocycles. The normalized spacial score (nSPS) is 10.8. The monoisotopic (exact) mass is 254 g/mol. The van der Waals surface area contributed by atoms with Crippen LogP contribution >= 0.6 is 11.6 Å². The lowest BCUT2D eigenvalue weighted by Gasteiger charge is -2.06. The molecule has 0 radical (unpaired) electrons. The number of ether oxygens (including phenoxy) is 1. The zero-order valence-corrected chi connectivity index (χ0v) is 11.2. The number of rotatable bonds is 7. The Morgan fingerprint density at radius 3 is 2.71 bits per heavy atom. The van der Waals surface area contributed by atoms with Crippen LogP contribution in [0.3, 0.4) is 0 Å². The molecule has 0 bridgehead atoms. The fourth-order valence-corrected chi connectivity index (χ4v) is 1.76. The Morgan fingerprint density at radius 1 is 1.35 bits per heavy atom. The van der Waals surface area contributed by atoms with Gasteiger partial charge in [0.2, 0.25) is 0 Å². The van der Waals surface area contributed by atoms with Crippen LogP contribution in [0.25, 0.3) is 0 Å². The van der Waals surface area contributed by atoms with E-state index in [-0.39, 0.29) is 12.4 Å². The van der Waals surface area contributed by atoms with Crippen LogP contribution in [0, 0.1) is 5.92 Å². The van der Waals surface area contributed by atoms with Crippen molar-refractivity contribution < 1.29 is 9.53 Å². The Hall–Kier alpha value is -0.860. The van der Waals surface area contributed by atoms with E-state index < -0.39 is 0 Å². The summed E-state index contributed by atoms with van der Waals surface area (Å²) in [6, 6.07) is 7.05. The van der Waals surface area contributed by atoms with Crippen molar-refractivity contribution in [3.05, 3.63) is 34.9 Å². The second-order valence-corrected chi connectivity index (χ2v) is 4.90. The van der Waals surface area contributed by atoms with Gasteiger partial charge in [-0.2, -0.15) is 0 Å². The molecule has 0 aliphatic heterocycles. The zero-order valence-electron chi connectivity index (χ0n) is 10.4. The summed E-state index contributed by atoms with van der Waals surface area (Å²) in [5.74, 6) is 0.623. The Balaban J connectivity index is 2.29. The van der Waals surface area contributed by atoms with Crippen LogP contribution in [-0.2, 0) is 4.74 Å². The number of carbonyl (C=O) groups excluding carboxylic acids is 1. The molecule has 0 atom stereocenters. The Morgan fingerprint density at radius 2 is 2.06 bits per heavy atom. The molecule has 1 rings (SSSR count). The van der Waals surface area contributed by atoms with Crippen molar-refractivity contribution in [2.24, 2.45) is 5.92 Å². The average Bonchev–Trinajstić information content (AvgIpc) is 2.28. The van der Waals surface area contributed by atoms with Gasteiger partial charge in [0.05, 0.1) is 5.02 Å². The van der Waals surface area contributed by atoms with E-state index in [9.17, 15) is 4.79 Å². The van der Waals surface area contributed by atoms with Gasteiger partial charge < -0.3 is 4.74 Å². The third-order valence-electron chi connectivity index (χ3n) is 2.48. The standard InChI is InChI=1S/C14H19ClO2/c1-11(2)6-5-9-17-10-14(16)12-7-3-4-8-13(12)15/h3-4,7-8,11H,5-6,9-10H2,1-2H3. The van der Waals surface area contributed by atoms with Gasteiger partial charge in [-0.15, -0.1) is 0 Å². The average molecular weight is 255 g/mol. The molecule has 94 valence electrons. The minimum absolute atomic E-state index is 0.0554. The highest BCUT2D eigenvalue weighted by molar-refractivity contribution is 6.34. The molecule has 1 aromatic rings. The molecule has 0 saturated heterocycles. The molecule has 0 unspecified atom stereocenters. The van der Waals surface area contributed by atoms with Crippen molar-refractivity contribution in [1.29, 1.82) is 0 Å². The van der Waals surface area contributed by atoms with Gasteiger partial charge in [0.25, 0.3) is 0 Å². The van der Waals surface area contributed by atoms with Gasteiger partial charge in [-0.25, -0.2) is 0 Å². The van der Waals surface area contributed by atoms with Crippen molar-refractivity contribution in [2.75, 3.05) is 13.2 Å². The summed E-state index contributed by atoms with van der Waals surface area (Å²) in [6.07, 6.45) is 2.12. The van der Waals surface area contributed by atoms with Crippen LogP contribution in [0.2, 0.25) is 5.02 Å².